The molecule has 1 aromatic rings. The van der Waals surface area contributed by atoms with E-state index in [0.717, 1.165) is 32.5 Å². The smallest absolute Gasteiger partial charge is 0.317 e. The van der Waals surface area contributed by atoms with E-state index >= 15 is 0 Å². The van der Waals surface area contributed by atoms with Gasteiger partial charge in [0, 0.05) is 38.3 Å². The molecule has 1 heterocycles. The van der Waals surface area contributed by atoms with Crippen LogP contribution < -0.4 is 5.32 Å². The summed E-state index contributed by atoms with van der Waals surface area (Å²) in [5, 5.41) is 3.06. The molecule has 1 unspecified atom stereocenters. The topological polar surface area (TPSA) is 35.6 Å². The SMILES string of the molecule is C=CCN1CCC(NC(=O)N(C)C(C)c2ccccc2F)CC1. The molecule has 1 atom stereocenters. The zero-order chi connectivity index (χ0) is 16.8. The minimum absolute atomic E-state index is 0.150. The fourth-order valence-corrected chi connectivity index (χ4v) is 2.92. The predicted octanol–water partition coefficient (Wildman–Crippen LogP) is 3.18. The summed E-state index contributed by atoms with van der Waals surface area (Å²) >= 11 is 0. The third-order valence-electron chi connectivity index (χ3n) is 4.56. The van der Waals surface area contributed by atoms with Crippen molar-refractivity contribution in [3.63, 3.8) is 0 Å². The van der Waals surface area contributed by atoms with Crippen LogP contribution in [0.2, 0.25) is 0 Å². The van der Waals surface area contributed by atoms with Gasteiger partial charge in [-0.2, -0.15) is 0 Å². The number of nitrogens with one attached hydrogen (secondary N) is 1. The predicted molar refractivity (Wildman–Crippen MR) is 90.8 cm³/mol. The van der Waals surface area contributed by atoms with E-state index < -0.39 is 0 Å². The van der Waals surface area contributed by atoms with Crippen molar-refractivity contribution in [2.45, 2.75) is 31.8 Å². The van der Waals surface area contributed by atoms with Crippen molar-refractivity contribution in [3.8, 4) is 0 Å². The van der Waals surface area contributed by atoms with Gasteiger partial charge in [-0.3, -0.25) is 4.90 Å². The van der Waals surface area contributed by atoms with Gasteiger partial charge in [0.1, 0.15) is 5.82 Å². The molecule has 5 heteroatoms. The van der Waals surface area contributed by atoms with E-state index in [2.05, 4.69) is 16.8 Å². The second kappa shape index (κ2) is 8.11. The molecule has 1 aromatic carbocycles. The van der Waals surface area contributed by atoms with Crippen LogP contribution in [0.4, 0.5) is 9.18 Å². The highest BCUT2D eigenvalue weighted by Gasteiger charge is 2.24. The molecule has 0 bridgehead atoms. The molecular formula is C18H26FN3O. The van der Waals surface area contributed by atoms with Gasteiger partial charge in [0.2, 0.25) is 0 Å². The number of likely N-dealkylation sites (tertiary alicyclic amines) is 1. The molecular weight excluding hydrogens is 293 g/mol. The highest BCUT2D eigenvalue weighted by Crippen LogP contribution is 2.22. The fraction of sp³-hybridized carbons (Fsp3) is 0.500. The van der Waals surface area contributed by atoms with Crippen LogP contribution in [0, 0.1) is 5.82 Å². The quantitative estimate of drug-likeness (QED) is 0.846. The Morgan fingerprint density at radius 3 is 2.74 bits per heavy atom. The van der Waals surface area contributed by atoms with Crippen molar-refractivity contribution in [2.24, 2.45) is 0 Å². The molecule has 0 radical (unpaired) electrons. The van der Waals surface area contributed by atoms with E-state index in [-0.39, 0.29) is 23.9 Å². The van der Waals surface area contributed by atoms with Gasteiger partial charge in [-0.05, 0) is 25.8 Å². The van der Waals surface area contributed by atoms with Crippen LogP contribution >= 0.6 is 0 Å². The van der Waals surface area contributed by atoms with Gasteiger partial charge >= 0.3 is 6.03 Å². The van der Waals surface area contributed by atoms with Crippen LogP contribution in [0.1, 0.15) is 31.4 Å². The number of benzene rings is 1. The molecule has 1 aliphatic rings. The number of rotatable bonds is 5. The molecule has 2 rings (SSSR count). The molecule has 0 spiro atoms. The normalized spacial score (nSPS) is 17.5. The monoisotopic (exact) mass is 319 g/mol. The Labute approximate surface area is 138 Å². The second-order valence-corrected chi connectivity index (χ2v) is 6.12. The molecule has 4 nitrogen and oxygen atoms in total. The van der Waals surface area contributed by atoms with Crippen molar-refractivity contribution >= 4 is 6.03 Å². The maximum Gasteiger partial charge on any atom is 0.317 e. The zero-order valence-corrected chi connectivity index (χ0v) is 14.0. The molecule has 0 aromatic heterocycles. The summed E-state index contributed by atoms with van der Waals surface area (Å²) in [6, 6.07) is 6.31. The Bertz CT molecular complexity index is 541. The summed E-state index contributed by atoms with van der Waals surface area (Å²) in [7, 11) is 1.71. The molecule has 126 valence electrons. The average Bonchev–Trinajstić information content (AvgIpc) is 2.56. The summed E-state index contributed by atoms with van der Waals surface area (Å²) in [4.78, 5) is 16.3. The first-order chi connectivity index (χ1) is 11.0. The summed E-state index contributed by atoms with van der Waals surface area (Å²) in [5.74, 6) is -0.280. The Balaban J connectivity index is 1.88. The number of carbonyl (C=O) groups is 1. The number of urea groups is 1. The van der Waals surface area contributed by atoms with Crippen molar-refractivity contribution < 1.29 is 9.18 Å². The van der Waals surface area contributed by atoms with Gasteiger partial charge in [-0.1, -0.05) is 24.3 Å². The molecule has 1 saturated heterocycles. The molecule has 1 fully saturated rings. The van der Waals surface area contributed by atoms with Crippen LogP contribution in [-0.2, 0) is 0 Å². The fourth-order valence-electron chi connectivity index (χ4n) is 2.92. The number of nitrogens with zero attached hydrogens (tertiary/aromatic N) is 2. The lowest BCUT2D eigenvalue weighted by Gasteiger charge is -2.33. The summed E-state index contributed by atoms with van der Waals surface area (Å²) in [6.45, 7) is 8.41. The lowest BCUT2D eigenvalue weighted by Crippen LogP contribution is -2.48. The molecule has 0 aliphatic carbocycles. The molecule has 2 amide bonds. The Morgan fingerprint density at radius 1 is 1.48 bits per heavy atom. The summed E-state index contributed by atoms with van der Waals surface area (Å²) in [6.07, 6.45) is 3.77. The van der Waals surface area contributed by atoms with E-state index in [1.807, 2.05) is 13.0 Å². The van der Waals surface area contributed by atoms with Crippen LogP contribution in [0.25, 0.3) is 0 Å². The van der Waals surface area contributed by atoms with Crippen LogP contribution in [0.3, 0.4) is 0 Å². The van der Waals surface area contributed by atoms with E-state index in [9.17, 15) is 9.18 Å². The number of carbonyl (C=O) groups excluding carboxylic acids is 1. The first kappa shape index (κ1) is 17.5. The third-order valence-corrected chi connectivity index (χ3v) is 4.56. The Morgan fingerprint density at radius 2 is 2.13 bits per heavy atom. The minimum Gasteiger partial charge on any atom is -0.335 e. The van der Waals surface area contributed by atoms with Crippen molar-refractivity contribution in [1.29, 1.82) is 0 Å². The Kier molecular flexibility index (Phi) is 6.16. The minimum atomic E-state index is -0.308. The lowest BCUT2D eigenvalue weighted by molar-refractivity contribution is 0.174. The molecule has 23 heavy (non-hydrogen) atoms. The van der Waals surface area contributed by atoms with Crippen LogP contribution in [0.5, 0.6) is 0 Å². The van der Waals surface area contributed by atoms with Gasteiger partial charge in [-0.15, -0.1) is 6.58 Å². The van der Waals surface area contributed by atoms with Crippen molar-refractivity contribution in [1.82, 2.24) is 15.1 Å². The number of amides is 2. The zero-order valence-electron chi connectivity index (χ0n) is 14.0. The average molecular weight is 319 g/mol. The Hall–Kier alpha value is -1.88. The first-order valence-electron chi connectivity index (χ1n) is 8.14. The van der Waals surface area contributed by atoms with E-state index in [1.165, 1.54) is 6.07 Å². The van der Waals surface area contributed by atoms with Gasteiger partial charge in [0.05, 0.1) is 6.04 Å². The number of hydrogen-bond acceptors (Lipinski definition) is 2. The lowest BCUT2D eigenvalue weighted by atomic mass is 10.0. The third kappa shape index (κ3) is 4.55. The van der Waals surface area contributed by atoms with E-state index in [4.69, 9.17) is 0 Å². The van der Waals surface area contributed by atoms with Crippen LogP contribution in [0.15, 0.2) is 36.9 Å². The maximum absolute atomic E-state index is 13.9. The van der Waals surface area contributed by atoms with Gasteiger partial charge in [0.25, 0.3) is 0 Å². The molecule has 1 N–H and O–H groups in total. The summed E-state index contributed by atoms with van der Waals surface area (Å²) < 4.78 is 13.9. The van der Waals surface area contributed by atoms with Gasteiger partial charge in [0.15, 0.2) is 0 Å². The highest BCUT2D eigenvalue weighted by atomic mass is 19.1. The van der Waals surface area contributed by atoms with Crippen molar-refractivity contribution in [3.05, 3.63) is 48.3 Å². The highest BCUT2D eigenvalue weighted by molar-refractivity contribution is 5.74. The van der Waals surface area contributed by atoms with Gasteiger partial charge < -0.3 is 10.2 Å². The standard InChI is InChI=1S/C18H26FN3O/c1-4-11-22-12-9-15(10-13-22)20-18(23)21(3)14(2)16-7-5-6-8-17(16)19/h4-8,14-15H,1,9-13H2,2-3H3,(H,20,23). The first-order valence-corrected chi connectivity index (χ1v) is 8.14. The maximum atomic E-state index is 13.9. The summed E-state index contributed by atoms with van der Waals surface area (Å²) in [5.41, 5.74) is 0.533. The number of piperidine rings is 1. The van der Waals surface area contributed by atoms with Crippen molar-refractivity contribution in [2.75, 3.05) is 26.7 Å². The largest absolute Gasteiger partial charge is 0.335 e. The van der Waals surface area contributed by atoms with E-state index in [1.54, 1.807) is 30.1 Å². The van der Waals surface area contributed by atoms with Crippen LogP contribution in [-0.4, -0.2) is 48.6 Å². The number of halogens is 1. The van der Waals surface area contributed by atoms with Gasteiger partial charge in [-0.25, -0.2) is 9.18 Å². The number of hydrogen-bond donors (Lipinski definition) is 1. The molecule has 1 aliphatic heterocycles. The molecule has 0 saturated carbocycles. The second-order valence-electron chi connectivity index (χ2n) is 6.12. The van der Waals surface area contributed by atoms with E-state index in [0.29, 0.717) is 5.56 Å².